The second-order valence-electron chi connectivity index (χ2n) is 7.24. The van der Waals surface area contributed by atoms with Gasteiger partial charge in [-0.25, -0.2) is 9.97 Å². The molecule has 0 aliphatic carbocycles. The highest BCUT2D eigenvalue weighted by Gasteiger charge is 2.24. The number of carbonyl (C=O) groups excluding carboxylic acids is 1. The second-order valence-corrected chi connectivity index (χ2v) is 7.24. The third-order valence-electron chi connectivity index (χ3n) is 5.21. The van der Waals surface area contributed by atoms with Crippen LogP contribution < -0.4 is 5.32 Å². The Kier molecular flexibility index (Phi) is 4.99. The van der Waals surface area contributed by atoms with Crippen LogP contribution >= 0.6 is 0 Å². The second kappa shape index (κ2) is 8.24. The molecule has 0 saturated carbocycles. The molecular weight excluding hydrogens is 384 g/mol. The summed E-state index contributed by atoms with van der Waals surface area (Å²) in [6.45, 7) is 0. The average Bonchev–Trinajstić information content (AvgIpc) is 3.27. The number of carbonyl (C=O) groups is 1. The van der Waals surface area contributed by atoms with Gasteiger partial charge in [0, 0.05) is 24.2 Å². The van der Waals surface area contributed by atoms with E-state index in [0.717, 1.165) is 22.4 Å². The number of hydrogen-bond acceptors (Lipinski definition) is 3. The van der Waals surface area contributed by atoms with Crippen LogP contribution in [0.2, 0.25) is 0 Å². The van der Waals surface area contributed by atoms with Crippen molar-refractivity contribution in [2.75, 3.05) is 5.32 Å². The van der Waals surface area contributed by atoms with E-state index in [9.17, 15) is 4.79 Å². The number of amides is 1. The summed E-state index contributed by atoms with van der Waals surface area (Å²) in [6.07, 6.45) is 5.43. The summed E-state index contributed by atoms with van der Waals surface area (Å²) in [5.41, 5.74) is 4.29. The fourth-order valence-corrected chi connectivity index (χ4v) is 3.73. The number of imidazole rings is 1. The van der Waals surface area contributed by atoms with Crippen LogP contribution in [0, 0.1) is 0 Å². The van der Waals surface area contributed by atoms with Crippen LogP contribution in [0.5, 0.6) is 0 Å². The summed E-state index contributed by atoms with van der Waals surface area (Å²) in [4.78, 5) is 22.6. The van der Waals surface area contributed by atoms with Gasteiger partial charge in [0.05, 0.1) is 11.6 Å². The van der Waals surface area contributed by atoms with Crippen LogP contribution in [0.25, 0.3) is 16.9 Å². The van der Waals surface area contributed by atoms with Crippen molar-refractivity contribution in [2.24, 2.45) is 0 Å². The van der Waals surface area contributed by atoms with Crippen LogP contribution in [-0.2, 0) is 4.79 Å². The molecule has 3 aromatic carbocycles. The van der Waals surface area contributed by atoms with Gasteiger partial charge in [0.2, 0.25) is 5.91 Å². The number of nitrogens with one attached hydrogen (secondary N) is 1. The monoisotopic (exact) mass is 404 g/mol. The predicted molar refractivity (Wildman–Crippen MR) is 122 cm³/mol. The Morgan fingerprint density at radius 1 is 0.806 bits per heavy atom. The molecule has 31 heavy (non-hydrogen) atoms. The summed E-state index contributed by atoms with van der Waals surface area (Å²) in [5.74, 6) is -0.165. The Morgan fingerprint density at radius 3 is 2.00 bits per heavy atom. The third-order valence-corrected chi connectivity index (χ3v) is 5.21. The Balaban J connectivity index is 1.52. The van der Waals surface area contributed by atoms with E-state index in [1.54, 1.807) is 6.20 Å². The maximum absolute atomic E-state index is 13.4. The molecule has 0 unspecified atom stereocenters. The van der Waals surface area contributed by atoms with Crippen LogP contribution in [0.1, 0.15) is 17.0 Å². The molecule has 0 aliphatic rings. The van der Waals surface area contributed by atoms with E-state index in [1.807, 2.05) is 108 Å². The summed E-state index contributed by atoms with van der Waals surface area (Å²) in [7, 11) is 0. The van der Waals surface area contributed by atoms with Gasteiger partial charge in [0.1, 0.15) is 0 Å². The highest BCUT2D eigenvalue weighted by atomic mass is 16.2. The first-order valence-electron chi connectivity index (χ1n) is 10.1. The molecule has 1 amide bonds. The quantitative estimate of drug-likeness (QED) is 0.440. The van der Waals surface area contributed by atoms with Gasteiger partial charge in [0.15, 0.2) is 11.5 Å². The highest BCUT2D eigenvalue weighted by molar-refractivity contribution is 5.99. The molecule has 150 valence electrons. The summed E-state index contributed by atoms with van der Waals surface area (Å²) >= 11 is 0. The van der Waals surface area contributed by atoms with Crippen molar-refractivity contribution in [3.05, 3.63) is 121 Å². The van der Waals surface area contributed by atoms with Gasteiger partial charge in [-0.1, -0.05) is 91.0 Å². The van der Waals surface area contributed by atoms with Gasteiger partial charge in [0.25, 0.3) is 0 Å². The molecule has 5 aromatic rings. The van der Waals surface area contributed by atoms with Crippen molar-refractivity contribution in [1.82, 2.24) is 14.4 Å². The zero-order chi connectivity index (χ0) is 21.0. The molecule has 0 aliphatic heterocycles. The number of nitrogens with zero attached hydrogens (tertiary/aromatic N) is 3. The van der Waals surface area contributed by atoms with Gasteiger partial charge in [-0.3, -0.25) is 4.79 Å². The minimum absolute atomic E-state index is 0.151. The largest absolute Gasteiger partial charge is 0.307 e. The molecule has 0 saturated heterocycles. The Morgan fingerprint density at radius 2 is 1.39 bits per heavy atom. The first-order chi connectivity index (χ1) is 15.3. The number of anilines is 1. The molecule has 1 N–H and O–H groups in total. The number of fused-ring (bicyclic) bond motifs is 1. The molecule has 0 spiro atoms. The smallest absolute Gasteiger partial charge is 0.237 e. The molecule has 0 radical (unpaired) electrons. The highest BCUT2D eigenvalue weighted by Crippen LogP contribution is 2.27. The summed E-state index contributed by atoms with van der Waals surface area (Å²) < 4.78 is 1.88. The fraction of sp³-hybridized carbons (Fsp3) is 0.0385. The first-order valence-corrected chi connectivity index (χ1v) is 10.1. The van der Waals surface area contributed by atoms with Gasteiger partial charge < -0.3 is 9.72 Å². The van der Waals surface area contributed by atoms with E-state index in [-0.39, 0.29) is 5.91 Å². The zero-order valence-corrected chi connectivity index (χ0v) is 16.7. The topological polar surface area (TPSA) is 59.3 Å². The van der Waals surface area contributed by atoms with Gasteiger partial charge in [-0.15, -0.1) is 0 Å². The molecular formula is C26H20N4O. The third kappa shape index (κ3) is 3.81. The molecule has 0 bridgehead atoms. The van der Waals surface area contributed by atoms with Crippen molar-refractivity contribution in [1.29, 1.82) is 0 Å². The van der Waals surface area contributed by atoms with Crippen molar-refractivity contribution in [3.8, 4) is 11.3 Å². The Labute approximate surface area is 180 Å². The molecule has 2 aromatic heterocycles. The lowest BCUT2D eigenvalue weighted by Crippen LogP contribution is -2.23. The molecule has 5 heteroatoms. The average molecular weight is 404 g/mol. The number of aromatic nitrogens is 3. The Bertz CT molecular complexity index is 1280. The van der Waals surface area contributed by atoms with E-state index in [1.165, 1.54) is 0 Å². The predicted octanol–water partition coefficient (Wildman–Crippen LogP) is 5.17. The summed E-state index contributed by atoms with van der Waals surface area (Å²) in [5, 5.41) is 3.01. The summed E-state index contributed by atoms with van der Waals surface area (Å²) in [6, 6.07) is 29.5. The van der Waals surface area contributed by atoms with E-state index in [4.69, 9.17) is 4.98 Å². The van der Waals surface area contributed by atoms with E-state index < -0.39 is 5.92 Å². The SMILES string of the molecule is O=C(Nc1nccn2cc(-c3ccccc3)nc12)C(c1ccccc1)c1ccccc1. The number of rotatable bonds is 5. The molecule has 0 atom stereocenters. The zero-order valence-electron chi connectivity index (χ0n) is 16.7. The first kappa shape index (κ1) is 18.8. The normalized spacial score (nSPS) is 11.0. The van der Waals surface area contributed by atoms with E-state index in [0.29, 0.717) is 11.5 Å². The standard InChI is InChI=1S/C26H20N4O/c31-26(23(20-12-6-2-7-13-20)21-14-8-3-9-15-21)29-24-25-28-22(18-30(25)17-16-27-24)19-10-4-1-5-11-19/h1-18,23H,(H,27,29,31). The molecule has 0 fully saturated rings. The number of benzene rings is 3. The van der Waals surface area contributed by atoms with Crippen molar-refractivity contribution >= 4 is 17.4 Å². The lowest BCUT2D eigenvalue weighted by Gasteiger charge is -2.17. The van der Waals surface area contributed by atoms with Gasteiger partial charge in [-0.05, 0) is 11.1 Å². The van der Waals surface area contributed by atoms with Gasteiger partial charge >= 0.3 is 0 Å². The Hall–Kier alpha value is -4.25. The fourth-order valence-electron chi connectivity index (χ4n) is 3.73. The number of hydrogen-bond donors (Lipinski definition) is 1. The minimum Gasteiger partial charge on any atom is -0.307 e. The van der Waals surface area contributed by atoms with Crippen LogP contribution in [0.15, 0.2) is 110 Å². The molecule has 5 nitrogen and oxygen atoms in total. The van der Waals surface area contributed by atoms with Gasteiger partial charge in [-0.2, -0.15) is 0 Å². The van der Waals surface area contributed by atoms with E-state index >= 15 is 0 Å². The lowest BCUT2D eigenvalue weighted by molar-refractivity contribution is -0.116. The van der Waals surface area contributed by atoms with Crippen LogP contribution in [-0.4, -0.2) is 20.3 Å². The minimum atomic E-state index is -0.451. The maximum Gasteiger partial charge on any atom is 0.237 e. The molecule has 5 rings (SSSR count). The maximum atomic E-state index is 13.4. The molecule has 2 heterocycles. The van der Waals surface area contributed by atoms with E-state index in [2.05, 4.69) is 10.3 Å². The van der Waals surface area contributed by atoms with Crippen molar-refractivity contribution in [2.45, 2.75) is 5.92 Å². The van der Waals surface area contributed by atoms with Crippen LogP contribution in [0.4, 0.5) is 5.82 Å². The van der Waals surface area contributed by atoms with Crippen molar-refractivity contribution < 1.29 is 4.79 Å². The van der Waals surface area contributed by atoms with Crippen LogP contribution in [0.3, 0.4) is 0 Å². The van der Waals surface area contributed by atoms with Crippen molar-refractivity contribution in [3.63, 3.8) is 0 Å². The lowest BCUT2D eigenvalue weighted by atomic mass is 9.90.